The van der Waals surface area contributed by atoms with Gasteiger partial charge in [-0.25, -0.2) is 0 Å². The fourth-order valence-corrected chi connectivity index (χ4v) is 12.1. The van der Waals surface area contributed by atoms with Crippen molar-refractivity contribution in [2.75, 3.05) is 0 Å². The predicted molar refractivity (Wildman–Crippen MR) is 333 cm³/mol. The molecule has 14 aromatic rings. The molecule has 0 atom stereocenters. The van der Waals surface area contributed by atoms with Gasteiger partial charge in [-0.15, -0.1) is 0 Å². The zero-order valence-electron chi connectivity index (χ0n) is 43.0. The van der Waals surface area contributed by atoms with Crippen molar-refractivity contribution >= 4 is 32.3 Å². The molecule has 0 aromatic heterocycles. The Balaban J connectivity index is 1.27. The highest BCUT2D eigenvalue weighted by molar-refractivity contribution is 6.35. The highest BCUT2D eigenvalue weighted by atomic mass is 14.3. The zero-order chi connectivity index (χ0) is 51.8. The summed E-state index contributed by atoms with van der Waals surface area (Å²) in [6.45, 7) is 0. The van der Waals surface area contributed by atoms with Gasteiger partial charge in [-0.3, -0.25) is 0 Å². The molecule has 0 saturated carbocycles. The van der Waals surface area contributed by atoms with Crippen LogP contribution in [0.2, 0.25) is 0 Å². The Labute approximate surface area is 456 Å². The minimum Gasteiger partial charge on any atom is -0.0622 e. The molecule has 78 heavy (non-hydrogen) atoms. The van der Waals surface area contributed by atoms with Gasteiger partial charge in [0.1, 0.15) is 0 Å². The summed E-state index contributed by atoms with van der Waals surface area (Å²) >= 11 is 0. The lowest BCUT2D eigenvalue weighted by molar-refractivity contribution is 1.58. The molecule has 0 radical (unpaired) electrons. The maximum absolute atomic E-state index is 2.52. The molecule has 0 bridgehead atoms. The van der Waals surface area contributed by atoms with Crippen molar-refractivity contribution in [3.05, 3.63) is 315 Å². The number of rotatable bonds is 10. The van der Waals surface area contributed by atoms with Gasteiger partial charge in [0.2, 0.25) is 0 Å². The molecule has 0 unspecified atom stereocenters. The van der Waals surface area contributed by atoms with Gasteiger partial charge in [-0.1, -0.05) is 291 Å². The summed E-state index contributed by atoms with van der Waals surface area (Å²) in [6.07, 6.45) is 0. The Hall–Kier alpha value is -10.1. The van der Waals surface area contributed by atoms with Crippen LogP contribution in [0, 0.1) is 0 Å². The van der Waals surface area contributed by atoms with Crippen LogP contribution in [0.25, 0.3) is 144 Å². The Morgan fingerprint density at radius 1 is 0.128 bits per heavy atom. The summed E-state index contributed by atoms with van der Waals surface area (Å²) < 4.78 is 0. The van der Waals surface area contributed by atoms with Crippen molar-refractivity contribution in [3.63, 3.8) is 0 Å². The molecule has 0 saturated heterocycles. The van der Waals surface area contributed by atoms with Crippen LogP contribution in [0.4, 0.5) is 0 Å². The normalized spacial score (nSPS) is 11.3. The maximum atomic E-state index is 2.52. The van der Waals surface area contributed by atoms with E-state index in [2.05, 4.69) is 315 Å². The van der Waals surface area contributed by atoms with Crippen molar-refractivity contribution < 1.29 is 0 Å². The van der Waals surface area contributed by atoms with Crippen LogP contribution in [-0.4, -0.2) is 0 Å². The smallest absolute Gasteiger partial charge is 0.000138 e. The van der Waals surface area contributed by atoms with Crippen LogP contribution in [0.3, 0.4) is 0 Å². The van der Waals surface area contributed by atoms with E-state index in [1.807, 2.05) is 0 Å². The van der Waals surface area contributed by atoms with Crippen molar-refractivity contribution in [1.29, 1.82) is 0 Å². The highest BCUT2D eigenvalue weighted by Crippen LogP contribution is 2.56. The third-order valence-electron chi connectivity index (χ3n) is 15.7. The molecule has 0 aliphatic rings. The highest BCUT2D eigenvalue weighted by Gasteiger charge is 2.29. The van der Waals surface area contributed by atoms with E-state index < -0.39 is 0 Å². The summed E-state index contributed by atoms with van der Waals surface area (Å²) in [5.74, 6) is 0. The average molecular weight is 989 g/mol. The van der Waals surface area contributed by atoms with E-state index in [1.54, 1.807) is 0 Å². The summed E-state index contributed by atoms with van der Waals surface area (Å²) in [6, 6.07) is 116. The fraction of sp³-hybridized carbons (Fsp3) is 0. The second-order valence-electron chi connectivity index (χ2n) is 20.2. The standard InChI is InChI=1S/C78H52/c1-9-25-53(26-10-1)55-41-45-63(46-42-55)75-71-51-67(59-33-17-5-18-34-59)68(60-35-19-6-20-36-60)52-72(71)76(64-47-43-56(44-48-64)54-27-11-2-12-28-54)78-74(62-39-23-8-24-40-62)70-50-66(58-31-15-4-16-32-58)65(57-29-13-3-14-30-57)49-69(70)73(77(75)78)61-37-21-7-22-38-61/h1-52H. The van der Waals surface area contributed by atoms with Gasteiger partial charge in [-0.05, 0) is 168 Å². The van der Waals surface area contributed by atoms with Gasteiger partial charge in [0.15, 0.2) is 0 Å². The van der Waals surface area contributed by atoms with Crippen molar-refractivity contribution in [3.8, 4) is 111 Å². The molecule has 0 amide bonds. The monoisotopic (exact) mass is 988 g/mol. The Kier molecular flexibility index (Phi) is 12.0. The van der Waals surface area contributed by atoms with Gasteiger partial charge in [0, 0.05) is 0 Å². The lowest BCUT2D eigenvalue weighted by atomic mass is 9.75. The van der Waals surface area contributed by atoms with E-state index >= 15 is 0 Å². The molecule has 14 aromatic carbocycles. The lowest BCUT2D eigenvalue weighted by Crippen LogP contribution is -2.00. The second-order valence-corrected chi connectivity index (χ2v) is 20.2. The molecular weight excluding hydrogens is 937 g/mol. The molecule has 364 valence electrons. The van der Waals surface area contributed by atoms with Crippen LogP contribution in [-0.2, 0) is 0 Å². The third-order valence-corrected chi connectivity index (χ3v) is 15.7. The minimum atomic E-state index is 1.15. The molecule has 0 heteroatoms. The molecule has 0 aliphatic heterocycles. The molecule has 0 heterocycles. The van der Waals surface area contributed by atoms with Crippen LogP contribution < -0.4 is 0 Å². The van der Waals surface area contributed by atoms with Gasteiger partial charge in [0.25, 0.3) is 0 Å². The Morgan fingerprint density at radius 2 is 0.282 bits per heavy atom. The fourth-order valence-electron chi connectivity index (χ4n) is 12.1. The molecular formula is C78H52. The largest absolute Gasteiger partial charge is 0.0622 e. The van der Waals surface area contributed by atoms with E-state index in [9.17, 15) is 0 Å². The maximum Gasteiger partial charge on any atom is -0.000138 e. The molecule has 0 spiro atoms. The first-order chi connectivity index (χ1) is 38.7. The first-order valence-electron chi connectivity index (χ1n) is 27.0. The Bertz CT molecular complexity index is 4130. The average Bonchev–Trinajstić information content (AvgIpc) is 3.71. The number of fused-ring (bicyclic) bond motifs is 3. The summed E-state index contributed by atoms with van der Waals surface area (Å²) in [5.41, 5.74) is 23.6. The summed E-state index contributed by atoms with van der Waals surface area (Å²) in [5, 5.41) is 7.20. The number of benzene rings is 14. The zero-order valence-corrected chi connectivity index (χ0v) is 43.0. The van der Waals surface area contributed by atoms with Gasteiger partial charge < -0.3 is 0 Å². The molecule has 14 rings (SSSR count). The lowest BCUT2D eigenvalue weighted by Gasteiger charge is -2.27. The van der Waals surface area contributed by atoms with Gasteiger partial charge in [0.05, 0.1) is 0 Å². The topological polar surface area (TPSA) is 0 Å². The summed E-state index contributed by atoms with van der Waals surface area (Å²) in [4.78, 5) is 0. The molecule has 0 N–H and O–H groups in total. The minimum absolute atomic E-state index is 1.15. The van der Waals surface area contributed by atoms with Crippen LogP contribution >= 0.6 is 0 Å². The van der Waals surface area contributed by atoms with Gasteiger partial charge >= 0.3 is 0 Å². The second kappa shape index (κ2) is 20.2. The molecule has 0 nitrogen and oxygen atoms in total. The van der Waals surface area contributed by atoms with E-state index in [1.165, 1.54) is 121 Å². The number of hydrogen-bond donors (Lipinski definition) is 0. The van der Waals surface area contributed by atoms with Crippen LogP contribution in [0.5, 0.6) is 0 Å². The number of hydrogen-bond acceptors (Lipinski definition) is 0. The van der Waals surface area contributed by atoms with E-state index in [0.717, 1.165) is 22.3 Å². The van der Waals surface area contributed by atoms with Crippen molar-refractivity contribution in [2.45, 2.75) is 0 Å². The van der Waals surface area contributed by atoms with Crippen molar-refractivity contribution in [1.82, 2.24) is 0 Å². The first kappa shape index (κ1) is 46.4. The quantitative estimate of drug-likeness (QED) is 0.120. The van der Waals surface area contributed by atoms with Crippen molar-refractivity contribution in [2.24, 2.45) is 0 Å². The van der Waals surface area contributed by atoms with Crippen LogP contribution in [0.15, 0.2) is 315 Å². The SMILES string of the molecule is c1ccc(-c2ccc(-c3c4cc(-c5ccccc5)c(-c5ccccc5)cc4c(-c4ccc(-c5ccccc5)cc4)c4c(-c5ccccc5)c5cc(-c6ccccc6)c(-c6ccccc6)cc5c(-c5ccccc5)c34)cc2)cc1. The first-order valence-corrected chi connectivity index (χ1v) is 27.0. The predicted octanol–water partition coefficient (Wildman–Crippen LogP) is 21.8. The molecule has 0 fully saturated rings. The van der Waals surface area contributed by atoms with E-state index in [-0.39, 0.29) is 0 Å². The van der Waals surface area contributed by atoms with Gasteiger partial charge in [-0.2, -0.15) is 0 Å². The van der Waals surface area contributed by atoms with E-state index in [4.69, 9.17) is 0 Å². The third kappa shape index (κ3) is 8.38. The summed E-state index contributed by atoms with van der Waals surface area (Å²) in [7, 11) is 0. The molecule has 0 aliphatic carbocycles. The van der Waals surface area contributed by atoms with Crippen LogP contribution in [0.1, 0.15) is 0 Å². The Morgan fingerprint density at radius 3 is 0.500 bits per heavy atom. The van der Waals surface area contributed by atoms with E-state index in [0.29, 0.717) is 0 Å².